The number of hydrogen-bond donors (Lipinski definition) is 0. The summed E-state index contributed by atoms with van der Waals surface area (Å²) in [7, 11) is 0. The number of hydrogen-bond acceptors (Lipinski definition) is 1. The molecular formula is C15H31N. The first-order chi connectivity index (χ1) is 7.34. The third-order valence-corrected chi connectivity index (χ3v) is 4.53. The molecule has 0 aromatic rings. The minimum atomic E-state index is 0.698. The van der Waals surface area contributed by atoms with Crippen molar-refractivity contribution in [2.45, 2.75) is 67.0 Å². The van der Waals surface area contributed by atoms with E-state index in [0.29, 0.717) is 6.04 Å². The van der Waals surface area contributed by atoms with Gasteiger partial charge in [-0.3, -0.25) is 4.90 Å². The van der Waals surface area contributed by atoms with Crippen LogP contribution in [0.4, 0.5) is 0 Å². The SMILES string of the molecule is CC(C)C1C[C@H](C)N(C(C)C)CC1C(C)C. The van der Waals surface area contributed by atoms with E-state index in [1.54, 1.807) is 0 Å². The van der Waals surface area contributed by atoms with Crippen molar-refractivity contribution in [3.05, 3.63) is 0 Å². The molecule has 0 bridgehead atoms. The van der Waals surface area contributed by atoms with Gasteiger partial charge in [-0.2, -0.15) is 0 Å². The van der Waals surface area contributed by atoms with E-state index in [-0.39, 0.29) is 0 Å². The quantitative estimate of drug-likeness (QED) is 0.701. The number of nitrogens with zero attached hydrogens (tertiary/aromatic N) is 1. The molecule has 16 heavy (non-hydrogen) atoms. The highest BCUT2D eigenvalue weighted by atomic mass is 15.2. The van der Waals surface area contributed by atoms with Gasteiger partial charge in [0, 0.05) is 18.6 Å². The van der Waals surface area contributed by atoms with Gasteiger partial charge in [-0.15, -0.1) is 0 Å². The molecule has 0 saturated carbocycles. The van der Waals surface area contributed by atoms with E-state index in [1.165, 1.54) is 13.0 Å². The summed E-state index contributed by atoms with van der Waals surface area (Å²) < 4.78 is 0. The van der Waals surface area contributed by atoms with Crippen LogP contribution in [0, 0.1) is 23.7 Å². The van der Waals surface area contributed by atoms with Gasteiger partial charge in [-0.25, -0.2) is 0 Å². The van der Waals surface area contributed by atoms with Gasteiger partial charge in [0.25, 0.3) is 0 Å². The molecule has 2 unspecified atom stereocenters. The molecule has 1 heteroatoms. The molecule has 0 aromatic heterocycles. The van der Waals surface area contributed by atoms with E-state index >= 15 is 0 Å². The van der Waals surface area contributed by atoms with Gasteiger partial charge in [0.1, 0.15) is 0 Å². The molecule has 1 heterocycles. The first kappa shape index (κ1) is 14.0. The van der Waals surface area contributed by atoms with Crippen molar-refractivity contribution in [2.24, 2.45) is 23.7 Å². The summed E-state index contributed by atoms with van der Waals surface area (Å²) in [5.74, 6) is 3.47. The Kier molecular flexibility index (Phi) is 4.85. The molecule has 0 radical (unpaired) electrons. The van der Waals surface area contributed by atoms with Crippen LogP contribution in [0.3, 0.4) is 0 Å². The highest BCUT2D eigenvalue weighted by molar-refractivity contribution is 4.89. The molecule has 1 nitrogen and oxygen atoms in total. The lowest BCUT2D eigenvalue weighted by atomic mass is 9.71. The van der Waals surface area contributed by atoms with Gasteiger partial charge >= 0.3 is 0 Å². The fourth-order valence-electron chi connectivity index (χ4n) is 3.45. The normalized spacial score (nSPS) is 33.0. The lowest BCUT2D eigenvalue weighted by Crippen LogP contribution is -2.51. The first-order valence-electron chi connectivity index (χ1n) is 7.10. The molecule has 1 rings (SSSR count). The number of piperidine rings is 1. The van der Waals surface area contributed by atoms with Crippen LogP contribution >= 0.6 is 0 Å². The molecule has 0 aliphatic carbocycles. The van der Waals surface area contributed by atoms with E-state index in [9.17, 15) is 0 Å². The van der Waals surface area contributed by atoms with Crippen LogP contribution in [0.1, 0.15) is 54.9 Å². The summed E-state index contributed by atoms with van der Waals surface area (Å²) in [6.45, 7) is 18.0. The first-order valence-corrected chi connectivity index (χ1v) is 7.10. The molecular weight excluding hydrogens is 194 g/mol. The molecule has 0 N–H and O–H groups in total. The van der Waals surface area contributed by atoms with Crippen molar-refractivity contribution in [2.75, 3.05) is 6.54 Å². The summed E-state index contributed by atoms with van der Waals surface area (Å²) in [5, 5.41) is 0. The lowest BCUT2D eigenvalue weighted by molar-refractivity contribution is 0.00901. The van der Waals surface area contributed by atoms with Gasteiger partial charge < -0.3 is 0 Å². The van der Waals surface area contributed by atoms with Crippen LogP contribution in [0.15, 0.2) is 0 Å². The van der Waals surface area contributed by atoms with Crippen molar-refractivity contribution in [3.63, 3.8) is 0 Å². The maximum Gasteiger partial charge on any atom is 0.00725 e. The van der Waals surface area contributed by atoms with Gasteiger partial charge in [-0.05, 0) is 50.9 Å². The molecule has 1 fully saturated rings. The molecule has 1 aliphatic rings. The zero-order valence-electron chi connectivity index (χ0n) is 12.3. The minimum absolute atomic E-state index is 0.698. The summed E-state index contributed by atoms with van der Waals surface area (Å²) in [4.78, 5) is 2.70. The monoisotopic (exact) mass is 225 g/mol. The van der Waals surface area contributed by atoms with Crippen molar-refractivity contribution < 1.29 is 0 Å². The number of rotatable bonds is 3. The van der Waals surface area contributed by atoms with Crippen LogP contribution < -0.4 is 0 Å². The van der Waals surface area contributed by atoms with Crippen molar-refractivity contribution in [1.82, 2.24) is 4.90 Å². The Morgan fingerprint density at radius 3 is 1.75 bits per heavy atom. The highest BCUT2D eigenvalue weighted by Crippen LogP contribution is 2.37. The lowest BCUT2D eigenvalue weighted by Gasteiger charge is -2.48. The molecule has 96 valence electrons. The number of likely N-dealkylation sites (tertiary alicyclic amines) is 1. The Bertz CT molecular complexity index is 207. The fourth-order valence-corrected chi connectivity index (χ4v) is 3.45. The Morgan fingerprint density at radius 1 is 0.875 bits per heavy atom. The second-order valence-corrected chi connectivity index (χ2v) is 6.69. The van der Waals surface area contributed by atoms with Gasteiger partial charge in [0.05, 0.1) is 0 Å². The van der Waals surface area contributed by atoms with Crippen molar-refractivity contribution in [3.8, 4) is 0 Å². The molecule has 3 atom stereocenters. The Labute approximate surface area is 103 Å². The van der Waals surface area contributed by atoms with Crippen LogP contribution in [-0.4, -0.2) is 23.5 Å². The Balaban J connectivity index is 2.78. The molecule has 0 aromatic carbocycles. The predicted molar refractivity (Wildman–Crippen MR) is 72.6 cm³/mol. The molecule has 0 amide bonds. The minimum Gasteiger partial charge on any atom is -0.298 e. The zero-order chi connectivity index (χ0) is 12.5. The summed E-state index contributed by atoms with van der Waals surface area (Å²) in [5.41, 5.74) is 0. The average molecular weight is 225 g/mol. The van der Waals surface area contributed by atoms with Crippen LogP contribution in [0.25, 0.3) is 0 Å². The fraction of sp³-hybridized carbons (Fsp3) is 1.00. The van der Waals surface area contributed by atoms with E-state index in [2.05, 4.69) is 53.4 Å². The highest BCUT2D eigenvalue weighted by Gasteiger charge is 2.37. The van der Waals surface area contributed by atoms with Crippen LogP contribution in [0.5, 0.6) is 0 Å². The zero-order valence-corrected chi connectivity index (χ0v) is 12.3. The third-order valence-electron chi connectivity index (χ3n) is 4.53. The molecule has 1 aliphatic heterocycles. The van der Waals surface area contributed by atoms with Gasteiger partial charge in [0.2, 0.25) is 0 Å². The topological polar surface area (TPSA) is 3.24 Å². The van der Waals surface area contributed by atoms with E-state index < -0.39 is 0 Å². The Hall–Kier alpha value is -0.0400. The molecule has 0 spiro atoms. The van der Waals surface area contributed by atoms with Crippen LogP contribution in [-0.2, 0) is 0 Å². The van der Waals surface area contributed by atoms with E-state index in [1.807, 2.05) is 0 Å². The second kappa shape index (κ2) is 5.53. The van der Waals surface area contributed by atoms with Crippen LogP contribution in [0.2, 0.25) is 0 Å². The summed E-state index contributed by atoms with van der Waals surface area (Å²) in [6, 6.07) is 1.46. The second-order valence-electron chi connectivity index (χ2n) is 6.69. The smallest absolute Gasteiger partial charge is 0.00725 e. The Morgan fingerprint density at radius 2 is 1.38 bits per heavy atom. The predicted octanol–water partition coefficient (Wildman–Crippen LogP) is 4.03. The molecule has 1 saturated heterocycles. The maximum atomic E-state index is 2.70. The maximum absolute atomic E-state index is 2.70. The largest absolute Gasteiger partial charge is 0.298 e. The standard InChI is InChI=1S/C15H31N/c1-10(2)14-8-13(7)16(12(5)6)9-15(14)11(3)4/h10-15H,8-9H2,1-7H3/t13-,14?,15?/m0/s1. The van der Waals surface area contributed by atoms with Crippen molar-refractivity contribution in [1.29, 1.82) is 0 Å². The van der Waals surface area contributed by atoms with Gasteiger partial charge in [0.15, 0.2) is 0 Å². The summed E-state index contributed by atoms with van der Waals surface area (Å²) in [6.07, 6.45) is 1.39. The van der Waals surface area contributed by atoms with Crippen molar-refractivity contribution >= 4 is 0 Å². The van der Waals surface area contributed by atoms with E-state index in [0.717, 1.165) is 29.7 Å². The van der Waals surface area contributed by atoms with Gasteiger partial charge in [-0.1, -0.05) is 27.7 Å². The third kappa shape index (κ3) is 3.00. The van der Waals surface area contributed by atoms with E-state index in [4.69, 9.17) is 0 Å². The average Bonchev–Trinajstić information content (AvgIpc) is 2.15. The summed E-state index contributed by atoms with van der Waals surface area (Å²) >= 11 is 0.